The van der Waals surface area contributed by atoms with Crippen LogP contribution >= 0.6 is 33.9 Å². The molecular weight excluding hydrogens is 365 g/mol. The molecule has 0 radical (unpaired) electrons. The summed E-state index contributed by atoms with van der Waals surface area (Å²) >= 11 is 4.22. The van der Waals surface area contributed by atoms with E-state index in [1.165, 1.54) is 25.1 Å². The molecule has 0 aliphatic rings. The summed E-state index contributed by atoms with van der Waals surface area (Å²) in [4.78, 5) is 0. The maximum Gasteiger partial charge on any atom is 0.0656 e. The Morgan fingerprint density at radius 3 is 2.58 bits per heavy atom. The predicted octanol–water partition coefficient (Wildman–Crippen LogP) is 4.86. The molecule has 0 bridgehead atoms. The van der Waals surface area contributed by atoms with E-state index in [-0.39, 0.29) is 0 Å². The molecule has 1 heterocycles. The third-order valence-corrected chi connectivity index (χ3v) is 5.26. The molecule has 1 N–H and O–H groups in total. The lowest BCUT2D eigenvalue weighted by Gasteiger charge is -2.17. The summed E-state index contributed by atoms with van der Waals surface area (Å²) < 4.78 is 1.36. The highest BCUT2D eigenvalue weighted by Crippen LogP contribution is 2.25. The number of hydrogen-bond acceptors (Lipinski definition) is 2. The maximum absolute atomic E-state index is 3.60. The van der Waals surface area contributed by atoms with Gasteiger partial charge in [-0.25, -0.2) is 0 Å². The quantitative estimate of drug-likeness (QED) is 0.725. The van der Waals surface area contributed by atoms with Gasteiger partial charge in [-0.05, 0) is 83.1 Å². The van der Waals surface area contributed by atoms with E-state index in [1.54, 1.807) is 0 Å². The van der Waals surface area contributed by atoms with Crippen LogP contribution in [0.15, 0.2) is 29.6 Å². The molecule has 1 unspecified atom stereocenters. The van der Waals surface area contributed by atoms with E-state index in [2.05, 4.69) is 78.3 Å². The number of benzene rings is 1. The van der Waals surface area contributed by atoms with Crippen LogP contribution in [-0.2, 0) is 6.42 Å². The Kier molecular flexibility index (Phi) is 5.42. The van der Waals surface area contributed by atoms with Gasteiger partial charge in [-0.1, -0.05) is 25.1 Å². The van der Waals surface area contributed by atoms with Gasteiger partial charge in [0.1, 0.15) is 0 Å². The normalized spacial score (nSPS) is 12.6. The molecule has 0 fully saturated rings. The van der Waals surface area contributed by atoms with Crippen molar-refractivity contribution in [3.63, 3.8) is 0 Å². The first kappa shape index (κ1) is 15.0. The van der Waals surface area contributed by atoms with E-state index < -0.39 is 0 Å². The monoisotopic (exact) mass is 385 g/mol. The molecule has 1 nitrogen and oxygen atoms in total. The fourth-order valence-electron chi connectivity index (χ4n) is 2.23. The Bertz CT molecular complexity index is 547. The van der Waals surface area contributed by atoms with Gasteiger partial charge in [0.25, 0.3) is 0 Å². The van der Waals surface area contributed by atoms with Crippen molar-refractivity contribution in [3.8, 4) is 0 Å². The smallest absolute Gasteiger partial charge is 0.0656 e. The van der Waals surface area contributed by atoms with E-state index >= 15 is 0 Å². The van der Waals surface area contributed by atoms with Gasteiger partial charge in [-0.15, -0.1) is 11.3 Å². The highest BCUT2D eigenvalue weighted by Gasteiger charge is 2.13. The molecule has 102 valence electrons. The van der Waals surface area contributed by atoms with E-state index in [0.29, 0.717) is 6.04 Å². The van der Waals surface area contributed by atoms with Crippen LogP contribution in [0.4, 0.5) is 0 Å². The highest BCUT2D eigenvalue weighted by molar-refractivity contribution is 14.1. The first-order valence-electron chi connectivity index (χ1n) is 6.63. The van der Waals surface area contributed by atoms with Crippen molar-refractivity contribution < 1.29 is 0 Å². The molecule has 1 aromatic heterocycles. The largest absolute Gasteiger partial charge is 0.310 e. The van der Waals surface area contributed by atoms with Gasteiger partial charge in [0, 0.05) is 6.04 Å². The Hall–Kier alpha value is -0.390. The molecule has 0 spiro atoms. The summed E-state index contributed by atoms with van der Waals surface area (Å²) in [7, 11) is 0. The average Bonchev–Trinajstić information content (AvgIpc) is 2.80. The zero-order chi connectivity index (χ0) is 13.8. The van der Waals surface area contributed by atoms with Crippen LogP contribution in [0.3, 0.4) is 0 Å². The SMILES string of the molecule is CCNC(Cc1ccc(C)c(C)c1)c1csc(I)c1. The summed E-state index contributed by atoms with van der Waals surface area (Å²) in [6.45, 7) is 7.53. The molecule has 0 amide bonds. The second kappa shape index (κ2) is 6.86. The standard InChI is InChI=1S/C16H20INS/c1-4-18-15(14-9-16(17)19-10-14)8-13-6-5-11(2)12(3)7-13/h5-7,9-10,15,18H,4,8H2,1-3H3. The molecule has 19 heavy (non-hydrogen) atoms. The molecule has 3 heteroatoms. The van der Waals surface area contributed by atoms with Gasteiger partial charge in [-0.3, -0.25) is 0 Å². The van der Waals surface area contributed by atoms with Crippen molar-refractivity contribution >= 4 is 33.9 Å². The van der Waals surface area contributed by atoms with Crippen molar-refractivity contribution in [2.75, 3.05) is 6.54 Å². The fraction of sp³-hybridized carbons (Fsp3) is 0.375. The van der Waals surface area contributed by atoms with Crippen LogP contribution in [0, 0.1) is 16.7 Å². The van der Waals surface area contributed by atoms with E-state index in [4.69, 9.17) is 0 Å². The van der Waals surface area contributed by atoms with Gasteiger partial charge < -0.3 is 5.32 Å². The lowest BCUT2D eigenvalue weighted by molar-refractivity contribution is 0.551. The minimum atomic E-state index is 0.423. The number of rotatable bonds is 5. The number of likely N-dealkylation sites (N-methyl/N-ethyl adjacent to an activating group) is 1. The van der Waals surface area contributed by atoms with Crippen LogP contribution in [0.1, 0.15) is 35.2 Å². The third-order valence-electron chi connectivity index (χ3n) is 3.45. The van der Waals surface area contributed by atoms with E-state index in [0.717, 1.165) is 13.0 Å². The van der Waals surface area contributed by atoms with Crippen molar-refractivity contribution in [1.82, 2.24) is 5.32 Å². The molecule has 0 aliphatic heterocycles. The fourth-order valence-corrected chi connectivity index (χ4v) is 3.65. The number of thiophene rings is 1. The van der Waals surface area contributed by atoms with Crippen LogP contribution in [0.5, 0.6) is 0 Å². The van der Waals surface area contributed by atoms with Gasteiger partial charge >= 0.3 is 0 Å². The molecule has 2 aromatic rings. The summed E-state index contributed by atoms with van der Waals surface area (Å²) in [6, 6.07) is 9.51. The summed E-state index contributed by atoms with van der Waals surface area (Å²) in [6.07, 6.45) is 1.06. The minimum absolute atomic E-state index is 0.423. The molecule has 1 aromatic carbocycles. The Balaban J connectivity index is 2.18. The first-order valence-corrected chi connectivity index (χ1v) is 8.59. The first-order chi connectivity index (χ1) is 9.10. The lowest BCUT2D eigenvalue weighted by atomic mass is 9.98. The van der Waals surface area contributed by atoms with Gasteiger partial charge in [0.2, 0.25) is 0 Å². The van der Waals surface area contributed by atoms with E-state index in [1.807, 2.05) is 11.3 Å². The Morgan fingerprint density at radius 1 is 1.21 bits per heavy atom. The zero-order valence-corrected chi connectivity index (χ0v) is 14.6. The number of hydrogen-bond donors (Lipinski definition) is 1. The summed E-state index contributed by atoms with van der Waals surface area (Å²) in [5.74, 6) is 0. The molecule has 1 atom stereocenters. The number of nitrogens with one attached hydrogen (secondary N) is 1. The zero-order valence-electron chi connectivity index (χ0n) is 11.7. The second-order valence-electron chi connectivity index (χ2n) is 4.92. The van der Waals surface area contributed by atoms with E-state index in [9.17, 15) is 0 Å². The maximum atomic E-state index is 3.60. The third kappa shape index (κ3) is 4.04. The second-order valence-corrected chi connectivity index (χ2v) is 7.72. The molecule has 0 saturated heterocycles. The van der Waals surface area contributed by atoms with Gasteiger partial charge in [0.05, 0.1) is 2.88 Å². The Morgan fingerprint density at radius 2 is 2.00 bits per heavy atom. The predicted molar refractivity (Wildman–Crippen MR) is 93.1 cm³/mol. The summed E-state index contributed by atoms with van der Waals surface area (Å²) in [5.41, 5.74) is 5.58. The molecular formula is C16H20INS. The van der Waals surface area contributed by atoms with Gasteiger partial charge in [-0.2, -0.15) is 0 Å². The van der Waals surface area contributed by atoms with Crippen molar-refractivity contribution in [2.24, 2.45) is 0 Å². The molecule has 2 rings (SSSR count). The lowest BCUT2D eigenvalue weighted by Crippen LogP contribution is -2.22. The molecule has 0 aliphatic carbocycles. The Labute approximate surface area is 133 Å². The number of halogens is 1. The average molecular weight is 385 g/mol. The van der Waals surface area contributed by atoms with Crippen molar-refractivity contribution in [1.29, 1.82) is 0 Å². The van der Waals surface area contributed by atoms with Crippen LogP contribution < -0.4 is 5.32 Å². The molecule has 0 saturated carbocycles. The van der Waals surface area contributed by atoms with Crippen LogP contribution in [-0.4, -0.2) is 6.54 Å². The highest BCUT2D eigenvalue weighted by atomic mass is 127. The topological polar surface area (TPSA) is 12.0 Å². The van der Waals surface area contributed by atoms with Crippen molar-refractivity contribution in [3.05, 3.63) is 54.8 Å². The summed E-state index contributed by atoms with van der Waals surface area (Å²) in [5, 5.41) is 5.87. The minimum Gasteiger partial charge on any atom is -0.310 e. The van der Waals surface area contributed by atoms with Crippen LogP contribution in [0.25, 0.3) is 0 Å². The van der Waals surface area contributed by atoms with Crippen molar-refractivity contribution in [2.45, 2.75) is 33.2 Å². The van der Waals surface area contributed by atoms with Gasteiger partial charge in [0.15, 0.2) is 0 Å². The van der Waals surface area contributed by atoms with Crippen LogP contribution in [0.2, 0.25) is 0 Å². The number of aryl methyl sites for hydroxylation is 2.